The minimum atomic E-state index is -0.651. The number of hydrogen-bond donors (Lipinski definition) is 2. The van der Waals surface area contributed by atoms with Gasteiger partial charge in [0, 0.05) is 12.2 Å². The molecule has 0 saturated heterocycles. The monoisotopic (exact) mass is 441 g/mol. The Morgan fingerprint density at radius 2 is 1.91 bits per heavy atom. The SMILES string of the molecule is COc1cccc(NC(=O)Nc2ccc3c(c2)N(CC(C)C)C(=O)C(C)(C)CO3)c1OC. The van der Waals surface area contributed by atoms with Gasteiger partial charge in [-0.3, -0.25) is 4.79 Å². The van der Waals surface area contributed by atoms with Crippen LogP contribution < -0.4 is 29.7 Å². The van der Waals surface area contributed by atoms with Crippen molar-refractivity contribution in [1.29, 1.82) is 0 Å². The molecule has 1 heterocycles. The van der Waals surface area contributed by atoms with Gasteiger partial charge in [-0.05, 0) is 50.1 Å². The van der Waals surface area contributed by atoms with Gasteiger partial charge in [0.25, 0.3) is 0 Å². The summed E-state index contributed by atoms with van der Waals surface area (Å²) in [5.41, 5.74) is 1.00. The van der Waals surface area contributed by atoms with Gasteiger partial charge in [0.15, 0.2) is 11.5 Å². The zero-order valence-electron chi connectivity index (χ0n) is 19.4. The molecule has 0 unspecified atom stereocenters. The highest BCUT2D eigenvalue weighted by Crippen LogP contribution is 2.39. The molecule has 2 N–H and O–H groups in total. The molecule has 0 aliphatic carbocycles. The molecule has 1 aliphatic heterocycles. The molecule has 8 nitrogen and oxygen atoms in total. The highest BCUT2D eigenvalue weighted by Gasteiger charge is 2.38. The molecule has 2 aromatic carbocycles. The molecule has 172 valence electrons. The van der Waals surface area contributed by atoms with Crippen molar-refractivity contribution >= 4 is 29.0 Å². The number of ether oxygens (including phenoxy) is 3. The number of carbonyl (C=O) groups excluding carboxylic acids is 2. The number of benzene rings is 2. The van der Waals surface area contributed by atoms with E-state index >= 15 is 0 Å². The number of rotatable bonds is 6. The van der Waals surface area contributed by atoms with Crippen LogP contribution in [-0.2, 0) is 4.79 Å². The van der Waals surface area contributed by atoms with E-state index < -0.39 is 11.4 Å². The summed E-state index contributed by atoms with van der Waals surface area (Å²) in [5, 5.41) is 5.59. The Hall–Kier alpha value is -3.42. The van der Waals surface area contributed by atoms with Gasteiger partial charge in [0.2, 0.25) is 5.91 Å². The topological polar surface area (TPSA) is 89.1 Å². The van der Waals surface area contributed by atoms with E-state index in [0.717, 1.165) is 0 Å². The van der Waals surface area contributed by atoms with E-state index in [9.17, 15) is 9.59 Å². The van der Waals surface area contributed by atoms with Crippen LogP contribution in [0.5, 0.6) is 17.2 Å². The lowest BCUT2D eigenvalue weighted by Crippen LogP contribution is -2.43. The molecule has 2 aromatic rings. The molecule has 3 rings (SSSR count). The summed E-state index contributed by atoms with van der Waals surface area (Å²) in [7, 11) is 3.04. The van der Waals surface area contributed by atoms with Crippen LogP contribution in [0.2, 0.25) is 0 Å². The van der Waals surface area contributed by atoms with Gasteiger partial charge in [-0.15, -0.1) is 0 Å². The van der Waals surface area contributed by atoms with Crippen LogP contribution in [0.3, 0.4) is 0 Å². The quantitative estimate of drug-likeness (QED) is 0.675. The summed E-state index contributed by atoms with van der Waals surface area (Å²) in [5.74, 6) is 1.81. The second kappa shape index (κ2) is 9.38. The minimum absolute atomic E-state index is 0.00679. The number of carbonyl (C=O) groups is 2. The van der Waals surface area contributed by atoms with Crippen molar-refractivity contribution in [3.8, 4) is 17.2 Å². The molecule has 8 heteroatoms. The van der Waals surface area contributed by atoms with Gasteiger partial charge in [-0.2, -0.15) is 0 Å². The molecule has 1 aliphatic rings. The number of amides is 3. The van der Waals surface area contributed by atoms with E-state index in [1.165, 1.54) is 14.2 Å². The Morgan fingerprint density at radius 1 is 1.16 bits per heavy atom. The van der Waals surface area contributed by atoms with Gasteiger partial charge in [0.1, 0.15) is 12.4 Å². The molecule has 0 atom stereocenters. The van der Waals surface area contributed by atoms with Crippen molar-refractivity contribution in [2.75, 3.05) is 42.9 Å². The van der Waals surface area contributed by atoms with Gasteiger partial charge in [-0.25, -0.2) is 4.79 Å². The largest absolute Gasteiger partial charge is 0.493 e. The fraction of sp³-hybridized carbons (Fsp3) is 0.417. The van der Waals surface area contributed by atoms with Gasteiger partial charge < -0.3 is 29.7 Å². The summed E-state index contributed by atoms with van der Waals surface area (Å²) >= 11 is 0. The lowest BCUT2D eigenvalue weighted by atomic mass is 9.92. The second-order valence-corrected chi connectivity index (χ2v) is 8.78. The molecule has 3 amide bonds. The number of hydrogen-bond acceptors (Lipinski definition) is 5. The summed E-state index contributed by atoms with van der Waals surface area (Å²) < 4.78 is 16.6. The first-order valence-corrected chi connectivity index (χ1v) is 10.5. The smallest absolute Gasteiger partial charge is 0.323 e. The molecule has 32 heavy (non-hydrogen) atoms. The number of methoxy groups -OCH3 is 2. The molecular weight excluding hydrogens is 410 g/mol. The number of fused-ring (bicyclic) bond motifs is 1. The van der Waals surface area contributed by atoms with Crippen molar-refractivity contribution in [2.45, 2.75) is 27.7 Å². The average Bonchev–Trinajstić information content (AvgIpc) is 2.83. The first-order valence-electron chi connectivity index (χ1n) is 10.5. The van der Waals surface area contributed by atoms with Gasteiger partial charge in [0.05, 0.1) is 31.0 Å². The Morgan fingerprint density at radius 3 is 2.56 bits per heavy atom. The summed E-state index contributed by atoms with van der Waals surface area (Å²) in [6, 6.07) is 10.1. The number of nitrogens with zero attached hydrogens (tertiary/aromatic N) is 1. The van der Waals surface area contributed by atoms with Crippen molar-refractivity contribution in [3.05, 3.63) is 36.4 Å². The molecule has 0 spiro atoms. The number of anilines is 3. The summed E-state index contributed by atoms with van der Waals surface area (Å²) in [4.78, 5) is 27.6. The van der Waals surface area contributed by atoms with E-state index in [4.69, 9.17) is 14.2 Å². The fourth-order valence-corrected chi connectivity index (χ4v) is 3.54. The first-order chi connectivity index (χ1) is 15.2. The van der Waals surface area contributed by atoms with Crippen LogP contribution in [0.25, 0.3) is 0 Å². The predicted octanol–water partition coefficient (Wildman–Crippen LogP) is 4.76. The minimum Gasteiger partial charge on any atom is -0.493 e. The third-order valence-corrected chi connectivity index (χ3v) is 5.12. The zero-order valence-corrected chi connectivity index (χ0v) is 19.4. The van der Waals surface area contributed by atoms with Crippen LogP contribution in [0.1, 0.15) is 27.7 Å². The van der Waals surface area contributed by atoms with Crippen LogP contribution >= 0.6 is 0 Å². The van der Waals surface area contributed by atoms with E-state index in [-0.39, 0.29) is 18.4 Å². The zero-order chi connectivity index (χ0) is 23.5. The number of para-hydroxylation sites is 1. The lowest BCUT2D eigenvalue weighted by molar-refractivity contribution is -0.127. The Kier molecular flexibility index (Phi) is 6.81. The van der Waals surface area contributed by atoms with Crippen LogP contribution in [0.4, 0.5) is 21.9 Å². The van der Waals surface area contributed by atoms with Gasteiger partial charge in [-0.1, -0.05) is 19.9 Å². The summed E-state index contributed by atoms with van der Waals surface area (Å²) in [6.45, 7) is 8.71. The van der Waals surface area contributed by atoms with E-state index in [0.29, 0.717) is 40.9 Å². The maximum atomic E-state index is 13.2. The molecule has 0 bridgehead atoms. The molecule has 0 fully saturated rings. The molecular formula is C24H31N3O5. The highest BCUT2D eigenvalue weighted by atomic mass is 16.5. The van der Waals surface area contributed by atoms with E-state index in [2.05, 4.69) is 24.5 Å². The Labute approximate surface area is 188 Å². The fourth-order valence-electron chi connectivity index (χ4n) is 3.54. The lowest BCUT2D eigenvalue weighted by Gasteiger charge is -2.29. The van der Waals surface area contributed by atoms with E-state index in [1.54, 1.807) is 41.3 Å². The second-order valence-electron chi connectivity index (χ2n) is 8.78. The average molecular weight is 442 g/mol. The normalized spacial score (nSPS) is 14.8. The van der Waals surface area contributed by atoms with Crippen LogP contribution in [0.15, 0.2) is 36.4 Å². The molecule has 0 saturated carbocycles. The molecule has 0 aromatic heterocycles. The molecule has 0 radical (unpaired) electrons. The van der Waals surface area contributed by atoms with Crippen molar-refractivity contribution in [3.63, 3.8) is 0 Å². The maximum absolute atomic E-state index is 13.2. The maximum Gasteiger partial charge on any atom is 0.323 e. The van der Waals surface area contributed by atoms with E-state index in [1.807, 2.05) is 13.8 Å². The van der Waals surface area contributed by atoms with Crippen LogP contribution in [0, 0.1) is 11.3 Å². The summed E-state index contributed by atoms with van der Waals surface area (Å²) in [6.07, 6.45) is 0. The third kappa shape index (κ3) is 4.90. The standard InChI is InChI=1S/C24H31N3O5/c1-15(2)13-27-18-12-16(10-11-19(18)32-14-24(3,4)22(27)28)25-23(29)26-17-8-7-9-20(30-5)21(17)31-6/h7-12,15H,13-14H2,1-6H3,(H2,25,26,29). The highest BCUT2D eigenvalue weighted by molar-refractivity contribution is 6.03. The van der Waals surface area contributed by atoms with Crippen LogP contribution in [-0.4, -0.2) is 39.3 Å². The van der Waals surface area contributed by atoms with Crippen molar-refractivity contribution in [1.82, 2.24) is 0 Å². The first kappa shape index (κ1) is 23.2. The van der Waals surface area contributed by atoms with Crippen molar-refractivity contribution < 1.29 is 23.8 Å². The van der Waals surface area contributed by atoms with Crippen molar-refractivity contribution in [2.24, 2.45) is 11.3 Å². The Bertz CT molecular complexity index is 1000. The number of urea groups is 1. The number of nitrogens with one attached hydrogen (secondary N) is 2. The predicted molar refractivity (Wildman–Crippen MR) is 125 cm³/mol. The Balaban J connectivity index is 1.86. The third-order valence-electron chi connectivity index (χ3n) is 5.12. The van der Waals surface area contributed by atoms with Gasteiger partial charge >= 0.3 is 6.03 Å².